The number of ether oxygens (including phenoxy) is 1. The van der Waals surface area contributed by atoms with Gasteiger partial charge in [-0.3, -0.25) is 19.2 Å². The number of carbonyl (C=O) groups is 5. The van der Waals surface area contributed by atoms with Gasteiger partial charge < -0.3 is 4.74 Å². The second-order valence-electron chi connectivity index (χ2n) is 12.7. The number of imide groups is 2. The number of carbonyl (C=O) groups excluding carboxylic acids is 5. The lowest BCUT2D eigenvalue weighted by Crippen LogP contribution is -2.67. The average molecular weight is 678 g/mol. The van der Waals surface area contributed by atoms with Crippen LogP contribution in [0.1, 0.15) is 20.8 Å². The van der Waals surface area contributed by atoms with Crippen LogP contribution in [0.4, 0.5) is 11.4 Å². The van der Waals surface area contributed by atoms with Gasteiger partial charge in [0.05, 0.1) is 46.0 Å². The molecule has 46 heavy (non-hydrogen) atoms. The number of alkyl halides is 1. The summed E-state index contributed by atoms with van der Waals surface area (Å²) in [5, 5.41) is 3.15. The molecule has 2 saturated heterocycles. The molecule has 3 fully saturated rings. The second kappa shape index (κ2) is 9.69. The molecule has 2 unspecified atom stereocenters. The highest BCUT2D eigenvalue weighted by Crippen LogP contribution is 2.72. The predicted octanol–water partition coefficient (Wildman–Crippen LogP) is 5.95. The molecule has 3 aliphatic carbocycles. The maximum absolute atomic E-state index is 14.8. The Kier molecular flexibility index (Phi) is 6.07. The van der Waals surface area contributed by atoms with Crippen molar-refractivity contribution in [1.82, 2.24) is 0 Å². The summed E-state index contributed by atoms with van der Waals surface area (Å²) < 4.78 is 4.04. The lowest BCUT2D eigenvalue weighted by molar-refractivity contribution is -0.152. The normalized spacial score (nSPS) is 30.1. The van der Waals surface area contributed by atoms with Gasteiger partial charge in [-0.2, -0.15) is 0 Å². The molecule has 6 atom stereocenters. The lowest BCUT2D eigenvalue weighted by atomic mass is 9.43. The third-order valence-corrected chi connectivity index (χ3v) is 12.4. The number of allylic oxidation sites excluding steroid dienone is 1. The Morgan fingerprint density at radius 2 is 1.11 bits per heavy atom. The zero-order valence-corrected chi connectivity index (χ0v) is 26.9. The zero-order chi connectivity index (χ0) is 32.3. The SMILES string of the molecule is CCOC(=O)C1=C(C)C2(Br)[C@@H]3C(=O)N(c4cccc5ccccc45)C(=O)[C@H]3C1(C)[C@H]1C(=O)N(c3cccc4ccccc34)C(=O)[C@@H]12. The summed E-state index contributed by atoms with van der Waals surface area (Å²) in [6, 6.07) is 25.8. The topological polar surface area (TPSA) is 101 Å². The first-order valence-corrected chi connectivity index (χ1v) is 16.2. The molecule has 0 aromatic heterocycles. The van der Waals surface area contributed by atoms with Gasteiger partial charge in [0.25, 0.3) is 0 Å². The van der Waals surface area contributed by atoms with Crippen molar-refractivity contribution in [2.45, 2.75) is 25.1 Å². The Morgan fingerprint density at radius 3 is 1.57 bits per heavy atom. The number of rotatable bonds is 4. The molecule has 4 aromatic carbocycles. The maximum atomic E-state index is 14.8. The van der Waals surface area contributed by atoms with Crippen LogP contribution >= 0.6 is 15.9 Å². The molecule has 2 heterocycles. The fourth-order valence-electron chi connectivity index (χ4n) is 9.01. The summed E-state index contributed by atoms with van der Waals surface area (Å²) in [5.74, 6) is -6.92. The Hall–Kier alpha value is -4.63. The number of hydrogen-bond acceptors (Lipinski definition) is 6. The van der Waals surface area contributed by atoms with Crippen LogP contribution in [0, 0.1) is 29.1 Å². The minimum atomic E-state index is -1.51. The number of anilines is 2. The molecule has 0 spiro atoms. The molecular formula is C37H29BrN2O6. The van der Waals surface area contributed by atoms with Gasteiger partial charge in [0.2, 0.25) is 23.6 Å². The molecule has 2 bridgehead atoms. The summed E-state index contributed by atoms with van der Waals surface area (Å²) in [5.41, 5.74) is -0.0399. The van der Waals surface area contributed by atoms with Crippen LogP contribution in [0.5, 0.6) is 0 Å². The summed E-state index contributed by atoms with van der Waals surface area (Å²) in [6.07, 6.45) is 0. The van der Waals surface area contributed by atoms with Crippen LogP contribution in [0.25, 0.3) is 21.5 Å². The van der Waals surface area contributed by atoms with E-state index in [1.165, 1.54) is 9.80 Å². The Labute approximate surface area is 273 Å². The van der Waals surface area contributed by atoms with Gasteiger partial charge in [-0.1, -0.05) is 95.7 Å². The molecular weight excluding hydrogens is 648 g/mol. The van der Waals surface area contributed by atoms with E-state index in [0.29, 0.717) is 16.9 Å². The first-order chi connectivity index (χ1) is 22.1. The van der Waals surface area contributed by atoms with Crippen LogP contribution in [0.2, 0.25) is 0 Å². The third kappa shape index (κ3) is 3.31. The first kappa shape index (κ1) is 28.8. The van der Waals surface area contributed by atoms with Gasteiger partial charge in [0.15, 0.2) is 0 Å². The van der Waals surface area contributed by atoms with Gasteiger partial charge in [0, 0.05) is 21.8 Å². The molecule has 0 N–H and O–H groups in total. The Morgan fingerprint density at radius 1 is 0.696 bits per heavy atom. The van der Waals surface area contributed by atoms with Crippen molar-refractivity contribution in [3.63, 3.8) is 0 Å². The molecule has 4 aromatic rings. The van der Waals surface area contributed by atoms with Gasteiger partial charge in [-0.25, -0.2) is 14.6 Å². The van der Waals surface area contributed by atoms with E-state index >= 15 is 0 Å². The molecule has 4 amide bonds. The summed E-state index contributed by atoms with van der Waals surface area (Å²) >= 11 is 3.87. The molecule has 0 radical (unpaired) electrons. The lowest BCUT2D eigenvalue weighted by Gasteiger charge is -2.59. The molecule has 1 saturated carbocycles. The molecule has 2 aliphatic heterocycles. The molecule has 9 rings (SSSR count). The number of amides is 4. The van der Waals surface area contributed by atoms with E-state index in [1.807, 2.05) is 60.7 Å². The summed E-state index contributed by atoms with van der Waals surface area (Å²) in [4.78, 5) is 75.2. The minimum absolute atomic E-state index is 0.0766. The van der Waals surface area contributed by atoms with Crippen molar-refractivity contribution < 1.29 is 28.7 Å². The van der Waals surface area contributed by atoms with Crippen LogP contribution in [-0.4, -0.2) is 40.5 Å². The van der Waals surface area contributed by atoms with Crippen LogP contribution in [0.15, 0.2) is 96.1 Å². The number of halogens is 1. The number of benzene rings is 4. The van der Waals surface area contributed by atoms with E-state index in [4.69, 9.17) is 4.74 Å². The van der Waals surface area contributed by atoms with Gasteiger partial charge in [-0.15, -0.1) is 0 Å². The standard InChI is InChI=1S/C37H29BrN2O6/c1-4-46-35(45)26-19(2)37(38)29-27(31(41)39(33(29)43)24-17-9-13-20-11-5-7-15-22(20)24)36(26,3)28-30(37)34(44)40(32(28)42)25-18-10-14-21-12-6-8-16-23(21)25/h5-18,27-30H,4H2,1-3H3/t27-,28+,29-,30+,36?,37?. The molecule has 8 nitrogen and oxygen atoms in total. The van der Waals surface area contributed by atoms with Gasteiger partial charge in [0.1, 0.15) is 0 Å². The molecule has 5 aliphatic rings. The quantitative estimate of drug-likeness (QED) is 0.150. The second-order valence-corrected chi connectivity index (χ2v) is 14.0. The van der Waals surface area contributed by atoms with Crippen LogP contribution in [0.3, 0.4) is 0 Å². The zero-order valence-electron chi connectivity index (χ0n) is 25.3. The third-order valence-electron chi connectivity index (χ3n) is 10.8. The first-order valence-electron chi connectivity index (χ1n) is 15.4. The smallest absolute Gasteiger partial charge is 0.334 e. The van der Waals surface area contributed by atoms with E-state index in [2.05, 4.69) is 15.9 Å². The van der Waals surface area contributed by atoms with E-state index in [1.54, 1.807) is 45.0 Å². The number of fused-ring (bicyclic) bond motifs is 2. The van der Waals surface area contributed by atoms with E-state index in [0.717, 1.165) is 21.5 Å². The van der Waals surface area contributed by atoms with Crippen LogP contribution in [-0.2, 0) is 28.7 Å². The largest absolute Gasteiger partial charge is 0.463 e. The minimum Gasteiger partial charge on any atom is -0.463 e. The van der Waals surface area contributed by atoms with Crippen molar-refractivity contribution in [2.24, 2.45) is 29.1 Å². The van der Waals surface area contributed by atoms with Crippen molar-refractivity contribution in [1.29, 1.82) is 0 Å². The fourth-order valence-corrected chi connectivity index (χ4v) is 10.1. The Bertz CT molecular complexity index is 1990. The molecule has 230 valence electrons. The highest BCUT2D eigenvalue weighted by atomic mass is 79.9. The number of hydrogen-bond donors (Lipinski definition) is 0. The predicted molar refractivity (Wildman–Crippen MR) is 176 cm³/mol. The highest BCUT2D eigenvalue weighted by Gasteiger charge is 2.81. The number of esters is 1. The van der Waals surface area contributed by atoms with Gasteiger partial charge in [-0.05, 0) is 42.3 Å². The van der Waals surface area contributed by atoms with Crippen molar-refractivity contribution in [3.8, 4) is 0 Å². The maximum Gasteiger partial charge on any atom is 0.334 e. The van der Waals surface area contributed by atoms with Crippen LogP contribution < -0.4 is 9.80 Å². The Balaban J connectivity index is 1.36. The van der Waals surface area contributed by atoms with Crippen molar-refractivity contribution in [3.05, 3.63) is 96.1 Å². The summed E-state index contributed by atoms with van der Waals surface area (Å²) in [7, 11) is 0. The van der Waals surface area contributed by atoms with E-state index < -0.39 is 63.0 Å². The van der Waals surface area contributed by atoms with Crippen molar-refractivity contribution >= 4 is 78.4 Å². The monoisotopic (exact) mass is 676 g/mol. The van der Waals surface area contributed by atoms with E-state index in [9.17, 15) is 24.0 Å². The fraction of sp³-hybridized carbons (Fsp3) is 0.270. The molecule has 9 heteroatoms. The summed E-state index contributed by atoms with van der Waals surface area (Å²) in [6.45, 7) is 5.17. The number of nitrogens with zero attached hydrogens (tertiary/aromatic N) is 2. The van der Waals surface area contributed by atoms with Crippen molar-refractivity contribution in [2.75, 3.05) is 16.4 Å². The van der Waals surface area contributed by atoms with Gasteiger partial charge >= 0.3 is 5.97 Å². The van der Waals surface area contributed by atoms with E-state index in [-0.39, 0.29) is 12.2 Å². The highest BCUT2D eigenvalue weighted by molar-refractivity contribution is 9.10. The average Bonchev–Trinajstić information content (AvgIpc) is 3.49.